The van der Waals surface area contributed by atoms with Crippen LogP contribution in [-0.2, 0) is 6.54 Å². The summed E-state index contributed by atoms with van der Waals surface area (Å²) in [6, 6.07) is 10.6. The number of aliphatic hydroxyl groups is 2. The molecule has 7 atom stereocenters. The molecule has 0 heterocycles. The molecule has 0 amide bonds. The number of benzene rings is 1. The van der Waals surface area contributed by atoms with Crippen molar-refractivity contribution in [2.24, 2.45) is 28.6 Å². The molecule has 0 aliphatic heterocycles. The van der Waals surface area contributed by atoms with E-state index in [1.807, 2.05) is 0 Å². The summed E-state index contributed by atoms with van der Waals surface area (Å²) in [6.07, 6.45) is 6.29. The van der Waals surface area contributed by atoms with Crippen molar-refractivity contribution in [3.05, 3.63) is 48.0 Å². The molecule has 3 saturated carbocycles. The summed E-state index contributed by atoms with van der Waals surface area (Å²) in [5.41, 5.74) is 2.93. The Kier molecular flexibility index (Phi) is 5.94. The smallest absolute Gasteiger partial charge is 0.0621 e. The molecule has 1 aromatic rings. The fraction of sp³-hybridized carbons (Fsp3) is 0.692. The van der Waals surface area contributed by atoms with Crippen molar-refractivity contribution in [3.63, 3.8) is 0 Å². The number of allylic oxidation sites excluding steroid dienone is 1. The van der Waals surface area contributed by atoms with Gasteiger partial charge in [-0.2, -0.15) is 0 Å². The molecule has 0 radical (unpaired) electrons. The first-order valence-electron chi connectivity index (χ1n) is 11.6. The molecule has 3 nitrogen and oxygen atoms in total. The number of rotatable bonds is 5. The fourth-order valence-electron chi connectivity index (χ4n) is 7.00. The number of fused-ring (bicyclic) bond motifs is 1. The zero-order valence-corrected chi connectivity index (χ0v) is 18.2. The molecular formula is C26H39NO2. The van der Waals surface area contributed by atoms with E-state index >= 15 is 0 Å². The molecular weight excluding hydrogens is 358 g/mol. The normalized spacial score (nSPS) is 42.6. The van der Waals surface area contributed by atoms with Crippen LogP contribution < -0.4 is 5.32 Å². The summed E-state index contributed by atoms with van der Waals surface area (Å²) in [4.78, 5) is 0. The molecule has 0 spiro atoms. The number of hydrogen-bond donors (Lipinski definition) is 3. The number of aliphatic hydroxyl groups excluding tert-OH is 2. The lowest BCUT2D eigenvalue weighted by molar-refractivity contribution is -0.118. The average Bonchev–Trinajstić information content (AvgIpc) is 3.01. The van der Waals surface area contributed by atoms with Gasteiger partial charge in [-0.3, -0.25) is 0 Å². The molecule has 0 aromatic heterocycles. The summed E-state index contributed by atoms with van der Waals surface area (Å²) in [7, 11) is 0. The Labute approximate surface area is 176 Å². The van der Waals surface area contributed by atoms with Crippen LogP contribution in [0.4, 0.5) is 0 Å². The third kappa shape index (κ3) is 3.82. The Balaban J connectivity index is 1.55. The summed E-state index contributed by atoms with van der Waals surface area (Å²) < 4.78 is 0. The van der Waals surface area contributed by atoms with Crippen molar-refractivity contribution < 1.29 is 10.2 Å². The minimum atomic E-state index is -0.401. The molecule has 160 valence electrons. The highest BCUT2D eigenvalue weighted by atomic mass is 16.3. The van der Waals surface area contributed by atoms with E-state index in [4.69, 9.17) is 0 Å². The van der Waals surface area contributed by atoms with Crippen LogP contribution in [0, 0.1) is 28.6 Å². The molecule has 4 rings (SSSR count). The second kappa shape index (κ2) is 8.17. The minimum absolute atomic E-state index is 0.0937. The van der Waals surface area contributed by atoms with Crippen LogP contribution in [0.1, 0.15) is 64.4 Å². The minimum Gasteiger partial charge on any atom is -0.393 e. The van der Waals surface area contributed by atoms with Gasteiger partial charge in [0.1, 0.15) is 0 Å². The van der Waals surface area contributed by atoms with E-state index < -0.39 is 6.10 Å². The van der Waals surface area contributed by atoms with Crippen molar-refractivity contribution >= 4 is 0 Å². The van der Waals surface area contributed by atoms with Gasteiger partial charge < -0.3 is 15.5 Å². The fourth-order valence-corrected chi connectivity index (χ4v) is 7.00. The molecule has 3 N–H and O–H groups in total. The standard InChI is InChI=1S/C26H39NO2/c1-18-9-10-22-21(17-27-16-19-7-5-4-6-8-19)23(12-14-25(18,22)2)26(3)13-11-20(28)15-24(26)29/h4-8,20-24,27-29H,1,9-17H2,2-3H3/t20-,21+,22?,23?,24-,25-,26+/m0/s1. The van der Waals surface area contributed by atoms with Crippen LogP contribution in [0.3, 0.4) is 0 Å². The Hall–Kier alpha value is -1.16. The summed E-state index contributed by atoms with van der Waals surface area (Å²) in [5, 5.41) is 24.9. The second-order valence-corrected chi connectivity index (χ2v) is 10.5. The van der Waals surface area contributed by atoms with E-state index in [0.717, 1.165) is 38.8 Å². The lowest BCUT2D eigenvalue weighted by Gasteiger charge is -2.55. The van der Waals surface area contributed by atoms with E-state index in [1.165, 1.54) is 24.0 Å². The summed E-state index contributed by atoms with van der Waals surface area (Å²) in [6.45, 7) is 11.1. The lowest BCUT2D eigenvalue weighted by atomic mass is 9.51. The van der Waals surface area contributed by atoms with Crippen molar-refractivity contribution in [2.75, 3.05) is 6.54 Å². The maximum atomic E-state index is 11.0. The van der Waals surface area contributed by atoms with Crippen molar-refractivity contribution in [3.8, 4) is 0 Å². The van der Waals surface area contributed by atoms with Crippen molar-refractivity contribution in [2.45, 2.75) is 77.5 Å². The highest BCUT2D eigenvalue weighted by molar-refractivity contribution is 5.21. The quantitative estimate of drug-likeness (QED) is 0.632. The van der Waals surface area contributed by atoms with Crippen LogP contribution in [0.25, 0.3) is 0 Å². The van der Waals surface area contributed by atoms with Crippen LogP contribution in [0.5, 0.6) is 0 Å². The van der Waals surface area contributed by atoms with Gasteiger partial charge in [-0.05, 0) is 85.6 Å². The average molecular weight is 398 g/mol. The molecule has 29 heavy (non-hydrogen) atoms. The van der Waals surface area contributed by atoms with Gasteiger partial charge in [0, 0.05) is 6.54 Å². The maximum Gasteiger partial charge on any atom is 0.0621 e. The third-order valence-electron chi connectivity index (χ3n) is 9.06. The van der Waals surface area contributed by atoms with E-state index in [1.54, 1.807) is 0 Å². The van der Waals surface area contributed by atoms with Crippen molar-refractivity contribution in [1.29, 1.82) is 0 Å². The molecule has 3 heteroatoms. The van der Waals surface area contributed by atoms with Crippen LogP contribution in [0.2, 0.25) is 0 Å². The zero-order chi connectivity index (χ0) is 20.6. The monoisotopic (exact) mass is 397 g/mol. The van der Waals surface area contributed by atoms with Gasteiger partial charge in [-0.15, -0.1) is 0 Å². The molecule has 0 saturated heterocycles. The van der Waals surface area contributed by atoms with Crippen LogP contribution >= 0.6 is 0 Å². The molecule has 3 fully saturated rings. The summed E-state index contributed by atoms with van der Waals surface area (Å²) in [5.74, 6) is 1.69. The molecule has 3 aliphatic carbocycles. The van der Waals surface area contributed by atoms with E-state index in [2.05, 4.69) is 56.1 Å². The van der Waals surface area contributed by atoms with Gasteiger partial charge in [-0.25, -0.2) is 0 Å². The third-order valence-corrected chi connectivity index (χ3v) is 9.06. The van der Waals surface area contributed by atoms with Gasteiger partial charge in [0.2, 0.25) is 0 Å². The number of nitrogens with one attached hydrogen (secondary N) is 1. The van der Waals surface area contributed by atoms with Gasteiger partial charge >= 0.3 is 0 Å². The second-order valence-electron chi connectivity index (χ2n) is 10.5. The lowest BCUT2D eigenvalue weighted by Crippen LogP contribution is -2.54. The highest BCUT2D eigenvalue weighted by Gasteiger charge is 2.56. The van der Waals surface area contributed by atoms with Gasteiger partial charge in [0.25, 0.3) is 0 Å². The van der Waals surface area contributed by atoms with E-state index in [0.29, 0.717) is 24.2 Å². The molecule has 2 unspecified atom stereocenters. The Morgan fingerprint density at radius 2 is 1.79 bits per heavy atom. The maximum absolute atomic E-state index is 11.0. The SMILES string of the molecule is C=C1CCC2[C@@H](CNCc3ccccc3)C([C@@]3(C)CC[C@H](O)C[C@@H]3O)CC[C@@]12C. The summed E-state index contributed by atoms with van der Waals surface area (Å²) >= 11 is 0. The van der Waals surface area contributed by atoms with E-state index in [-0.39, 0.29) is 16.9 Å². The van der Waals surface area contributed by atoms with Crippen molar-refractivity contribution in [1.82, 2.24) is 5.32 Å². The van der Waals surface area contributed by atoms with E-state index in [9.17, 15) is 10.2 Å². The Bertz CT molecular complexity index is 719. The Morgan fingerprint density at radius 3 is 2.52 bits per heavy atom. The molecule has 3 aliphatic rings. The predicted octanol–water partition coefficient (Wildman–Crippen LogP) is 4.69. The first kappa shape index (κ1) is 21.1. The molecule has 1 aromatic carbocycles. The molecule has 0 bridgehead atoms. The predicted molar refractivity (Wildman–Crippen MR) is 118 cm³/mol. The Morgan fingerprint density at radius 1 is 1.03 bits per heavy atom. The number of hydrogen-bond acceptors (Lipinski definition) is 3. The first-order chi connectivity index (χ1) is 13.8. The van der Waals surface area contributed by atoms with Gasteiger partial charge in [0.15, 0.2) is 0 Å². The van der Waals surface area contributed by atoms with Crippen LogP contribution in [-0.4, -0.2) is 29.0 Å². The highest BCUT2D eigenvalue weighted by Crippen LogP contribution is 2.62. The van der Waals surface area contributed by atoms with Gasteiger partial charge in [-0.1, -0.05) is 56.3 Å². The van der Waals surface area contributed by atoms with Gasteiger partial charge in [0.05, 0.1) is 12.2 Å². The van der Waals surface area contributed by atoms with Crippen LogP contribution in [0.15, 0.2) is 42.5 Å². The topological polar surface area (TPSA) is 52.5 Å². The largest absolute Gasteiger partial charge is 0.393 e. The zero-order valence-electron chi connectivity index (χ0n) is 18.2. The first-order valence-corrected chi connectivity index (χ1v) is 11.6.